The number of aromatic nitrogens is 1. The third-order valence-electron chi connectivity index (χ3n) is 4.11. The van der Waals surface area contributed by atoms with E-state index in [9.17, 15) is 14.4 Å². The molecule has 1 aromatic rings. The quantitative estimate of drug-likeness (QED) is 0.850. The number of nitrogens with zero attached hydrogens (tertiary/aromatic N) is 1. The van der Waals surface area contributed by atoms with Gasteiger partial charge >= 0.3 is 12.1 Å². The number of carboxylic acids is 1. The van der Waals surface area contributed by atoms with Crippen LogP contribution in [0.3, 0.4) is 0 Å². The Balaban J connectivity index is 1.66. The van der Waals surface area contributed by atoms with Crippen molar-refractivity contribution in [2.24, 2.45) is 0 Å². The van der Waals surface area contributed by atoms with Crippen LogP contribution in [-0.4, -0.2) is 52.9 Å². The highest BCUT2D eigenvalue weighted by Crippen LogP contribution is 2.18. The number of carbonyl (C=O) groups is 2. The molecule has 0 saturated carbocycles. The molecule has 2 N–H and O–H groups in total. The first-order chi connectivity index (χ1) is 11.0. The van der Waals surface area contributed by atoms with Crippen molar-refractivity contribution in [3.05, 3.63) is 33.2 Å². The molecule has 3 rings (SSSR count). The molecule has 0 spiro atoms. The number of ether oxygens (including phenoxy) is 2. The standard InChI is InChI=1S/C15H18N2O6/c18-13-11(14(19)20)6-9-7-17(4-3-12(9)16-13)15(21)23-8-10-2-1-5-22-10/h6,10H,1-5,7-8H2,(H,16,18)(H,19,20). The van der Waals surface area contributed by atoms with E-state index in [1.54, 1.807) is 0 Å². The van der Waals surface area contributed by atoms with Crippen molar-refractivity contribution < 1.29 is 24.2 Å². The lowest BCUT2D eigenvalue weighted by Crippen LogP contribution is -2.39. The summed E-state index contributed by atoms with van der Waals surface area (Å²) in [6.45, 7) is 1.56. The lowest BCUT2D eigenvalue weighted by atomic mass is 10.0. The van der Waals surface area contributed by atoms with Gasteiger partial charge in [-0.05, 0) is 24.5 Å². The van der Waals surface area contributed by atoms with Crippen LogP contribution in [0.4, 0.5) is 4.79 Å². The summed E-state index contributed by atoms with van der Waals surface area (Å²) in [5.41, 5.74) is 0.356. The molecule has 8 nitrogen and oxygen atoms in total. The van der Waals surface area contributed by atoms with Crippen LogP contribution >= 0.6 is 0 Å². The summed E-state index contributed by atoms with van der Waals surface area (Å²) in [6, 6.07) is 1.33. The third kappa shape index (κ3) is 3.37. The van der Waals surface area contributed by atoms with E-state index in [4.69, 9.17) is 14.6 Å². The van der Waals surface area contributed by atoms with E-state index in [1.165, 1.54) is 11.0 Å². The fourth-order valence-electron chi connectivity index (χ4n) is 2.85. The number of amides is 1. The number of carbonyl (C=O) groups excluding carboxylic acids is 1. The molecular formula is C15H18N2O6. The molecule has 23 heavy (non-hydrogen) atoms. The number of nitrogens with one attached hydrogen (secondary N) is 1. The van der Waals surface area contributed by atoms with E-state index < -0.39 is 17.6 Å². The van der Waals surface area contributed by atoms with Crippen molar-refractivity contribution in [3.63, 3.8) is 0 Å². The monoisotopic (exact) mass is 322 g/mol. The van der Waals surface area contributed by atoms with Gasteiger partial charge in [-0.1, -0.05) is 0 Å². The van der Waals surface area contributed by atoms with Gasteiger partial charge < -0.3 is 24.5 Å². The molecule has 1 amide bonds. The molecule has 1 atom stereocenters. The number of hydrogen-bond donors (Lipinski definition) is 2. The van der Waals surface area contributed by atoms with Crippen LogP contribution in [0.15, 0.2) is 10.9 Å². The highest BCUT2D eigenvalue weighted by molar-refractivity contribution is 5.87. The molecule has 0 aromatic carbocycles. The maximum absolute atomic E-state index is 12.1. The number of fused-ring (bicyclic) bond motifs is 1. The Morgan fingerprint density at radius 2 is 2.30 bits per heavy atom. The van der Waals surface area contributed by atoms with E-state index >= 15 is 0 Å². The van der Waals surface area contributed by atoms with Crippen LogP contribution in [0.5, 0.6) is 0 Å². The van der Waals surface area contributed by atoms with Crippen molar-refractivity contribution >= 4 is 12.1 Å². The Labute approximate surface area is 132 Å². The topological polar surface area (TPSA) is 109 Å². The molecule has 1 saturated heterocycles. The first kappa shape index (κ1) is 15.5. The summed E-state index contributed by atoms with van der Waals surface area (Å²) in [5, 5.41) is 9.01. The number of aromatic amines is 1. The lowest BCUT2D eigenvalue weighted by Gasteiger charge is -2.28. The van der Waals surface area contributed by atoms with Gasteiger partial charge in [0.1, 0.15) is 12.2 Å². The van der Waals surface area contributed by atoms with Gasteiger partial charge in [-0.2, -0.15) is 0 Å². The maximum Gasteiger partial charge on any atom is 0.410 e. The zero-order chi connectivity index (χ0) is 16.4. The summed E-state index contributed by atoms with van der Waals surface area (Å²) >= 11 is 0. The highest BCUT2D eigenvalue weighted by Gasteiger charge is 2.26. The van der Waals surface area contributed by atoms with Gasteiger partial charge in [0.2, 0.25) is 0 Å². The lowest BCUT2D eigenvalue weighted by molar-refractivity contribution is 0.0283. The zero-order valence-corrected chi connectivity index (χ0v) is 12.5. The van der Waals surface area contributed by atoms with Crippen LogP contribution in [0, 0.1) is 0 Å². The fourth-order valence-corrected chi connectivity index (χ4v) is 2.85. The van der Waals surface area contributed by atoms with Gasteiger partial charge in [-0.15, -0.1) is 0 Å². The van der Waals surface area contributed by atoms with Gasteiger partial charge in [0.15, 0.2) is 0 Å². The minimum Gasteiger partial charge on any atom is -0.477 e. The number of carboxylic acid groups (broad SMARTS) is 1. The minimum absolute atomic E-state index is 0.0361. The van der Waals surface area contributed by atoms with E-state index in [0.717, 1.165) is 12.8 Å². The van der Waals surface area contributed by atoms with Crippen LogP contribution in [0.25, 0.3) is 0 Å². The molecule has 8 heteroatoms. The van der Waals surface area contributed by atoms with E-state index in [0.29, 0.717) is 30.8 Å². The Morgan fingerprint density at radius 1 is 1.48 bits per heavy atom. The summed E-state index contributed by atoms with van der Waals surface area (Å²) in [4.78, 5) is 38.9. The molecule has 0 bridgehead atoms. The largest absolute Gasteiger partial charge is 0.477 e. The summed E-state index contributed by atoms with van der Waals surface area (Å²) < 4.78 is 10.7. The predicted molar refractivity (Wildman–Crippen MR) is 78.5 cm³/mol. The summed E-state index contributed by atoms with van der Waals surface area (Å²) in [6.07, 6.45) is 1.84. The Kier molecular flexibility index (Phi) is 4.33. The van der Waals surface area contributed by atoms with Crippen LogP contribution < -0.4 is 5.56 Å². The number of pyridine rings is 1. The van der Waals surface area contributed by atoms with Gasteiger partial charge in [0, 0.05) is 25.3 Å². The van der Waals surface area contributed by atoms with Crippen molar-refractivity contribution in [1.29, 1.82) is 0 Å². The molecule has 2 aliphatic heterocycles. The molecular weight excluding hydrogens is 304 g/mol. The maximum atomic E-state index is 12.1. The van der Waals surface area contributed by atoms with Crippen molar-refractivity contribution in [2.75, 3.05) is 19.8 Å². The third-order valence-corrected chi connectivity index (χ3v) is 4.11. The summed E-state index contributed by atoms with van der Waals surface area (Å²) in [7, 11) is 0. The SMILES string of the molecule is O=C(O)c1cc2c([nH]c1=O)CCN(C(=O)OCC1CCCO1)C2. The van der Waals surface area contributed by atoms with Gasteiger partial charge in [-0.3, -0.25) is 4.79 Å². The molecule has 2 aliphatic rings. The molecule has 0 aliphatic carbocycles. The van der Waals surface area contributed by atoms with E-state index in [-0.39, 0.29) is 24.8 Å². The van der Waals surface area contributed by atoms with Gasteiger partial charge in [-0.25, -0.2) is 9.59 Å². The Morgan fingerprint density at radius 3 is 3.00 bits per heavy atom. The molecule has 1 unspecified atom stereocenters. The van der Waals surface area contributed by atoms with Gasteiger partial charge in [0.05, 0.1) is 12.6 Å². The second-order valence-electron chi connectivity index (χ2n) is 5.70. The number of H-pyrrole nitrogens is 1. The minimum atomic E-state index is -1.29. The Bertz CT molecular complexity index is 677. The zero-order valence-electron chi connectivity index (χ0n) is 12.5. The summed E-state index contributed by atoms with van der Waals surface area (Å²) in [5.74, 6) is -1.29. The van der Waals surface area contributed by atoms with Crippen LogP contribution in [0.2, 0.25) is 0 Å². The number of aromatic carboxylic acids is 1. The molecule has 3 heterocycles. The molecule has 0 radical (unpaired) electrons. The fraction of sp³-hybridized carbons (Fsp3) is 0.533. The second-order valence-corrected chi connectivity index (χ2v) is 5.70. The first-order valence-corrected chi connectivity index (χ1v) is 7.56. The normalized spacial score (nSPS) is 20.2. The highest BCUT2D eigenvalue weighted by atomic mass is 16.6. The first-order valence-electron chi connectivity index (χ1n) is 7.56. The van der Waals surface area contributed by atoms with Gasteiger partial charge in [0.25, 0.3) is 5.56 Å². The van der Waals surface area contributed by atoms with E-state index in [2.05, 4.69) is 4.98 Å². The van der Waals surface area contributed by atoms with Crippen LogP contribution in [0.1, 0.15) is 34.5 Å². The van der Waals surface area contributed by atoms with E-state index in [1.807, 2.05) is 0 Å². The van der Waals surface area contributed by atoms with Crippen LogP contribution in [-0.2, 0) is 22.4 Å². The number of rotatable bonds is 3. The predicted octanol–water partition coefficient (Wildman–Crippen LogP) is 0.747. The second kappa shape index (κ2) is 6.41. The van der Waals surface area contributed by atoms with Crippen molar-refractivity contribution in [3.8, 4) is 0 Å². The van der Waals surface area contributed by atoms with Crippen molar-refractivity contribution in [1.82, 2.24) is 9.88 Å². The molecule has 1 aromatic heterocycles. The molecule has 1 fully saturated rings. The van der Waals surface area contributed by atoms with Crippen molar-refractivity contribution in [2.45, 2.75) is 31.9 Å². The average Bonchev–Trinajstić information content (AvgIpc) is 3.04. The molecule has 124 valence electrons. The average molecular weight is 322 g/mol. The number of hydrogen-bond acceptors (Lipinski definition) is 5. The smallest absolute Gasteiger partial charge is 0.410 e. The Hall–Kier alpha value is -2.35.